The van der Waals surface area contributed by atoms with E-state index in [9.17, 15) is 0 Å². The SMILES string of the molecule is Cc1cc(NCC2CCCC(C)C2)cnc1Cl. The molecule has 1 fully saturated rings. The van der Waals surface area contributed by atoms with Gasteiger partial charge < -0.3 is 5.32 Å². The summed E-state index contributed by atoms with van der Waals surface area (Å²) in [4.78, 5) is 4.16. The Bertz CT molecular complexity index is 378. The molecule has 1 aromatic rings. The van der Waals surface area contributed by atoms with Crippen molar-refractivity contribution in [1.29, 1.82) is 0 Å². The number of aryl methyl sites for hydroxylation is 1. The van der Waals surface area contributed by atoms with Crippen molar-refractivity contribution in [2.45, 2.75) is 39.5 Å². The van der Waals surface area contributed by atoms with Crippen molar-refractivity contribution in [2.75, 3.05) is 11.9 Å². The lowest BCUT2D eigenvalue weighted by atomic mass is 9.82. The Kier molecular flexibility index (Phi) is 4.27. The molecule has 1 aromatic heterocycles. The first-order chi connectivity index (χ1) is 8.15. The van der Waals surface area contributed by atoms with Crippen molar-refractivity contribution in [3.63, 3.8) is 0 Å². The number of anilines is 1. The van der Waals surface area contributed by atoms with Crippen LogP contribution >= 0.6 is 11.6 Å². The van der Waals surface area contributed by atoms with Crippen LogP contribution in [0, 0.1) is 18.8 Å². The van der Waals surface area contributed by atoms with E-state index in [1.165, 1.54) is 25.7 Å². The Labute approximate surface area is 109 Å². The summed E-state index contributed by atoms with van der Waals surface area (Å²) in [6.45, 7) is 5.41. The highest BCUT2D eigenvalue weighted by molar-refractivity contribution is 6.30. The Morgan fingerprint density at radius 3 is 3.00 bits per heavy atom. The van der Waals surface area contributed by atoms with Gasteiger partial charge in [0.15, 0.2) is 0 Å². The van der Waals surface area contributed by atoms with E-state index >= 15 is 0 Å². The highest BCUT2D eigenvalue weighted by Crippen LogP contribution is 2.28. The number of halogens is 1. The van der Waals surface area contributed by atoms with Gasteiger partial charge in [-0.05, 0) is 43.2 Å². The normalized spacial score (nSPS) is 24.6. The maximum Gasteiger partial charge on any atom is 0.132 e. The second kappa shape index (κ2) is 5.72. The van der Waals surface area contributed by atoms with Gasteiger partial charge in [0.1, 0.15) is 5.15 Å². The molecule has 0 radical (unpaired) electrons. The van der Waals surface area contributed by atoms with Crippen LogP contribution in [0.15, 0.2) is 12.3 Å². The first-order valence-corrected chi connectivity index (χ1v) is 6.89. The van der Waals surface area contributed by atoms with Crippen LogP contribution < -0.4 is 5.32 Å². The lowest BCUT2D eigenvalue weighted by molar-refractivity contribution is 0.293. The standard InChI is InChI=1S/C14H21ClN2/c1-10-4-3-5-12(6-10)8-16-13-7-11(2)14(15)17-9-13/h7,9-10,12,16H,3-6,8H2,1-2H3. The zero-order chi connectivity index (χ0) is 12.3. The summed E-state index contributed by atoms with van der Waals surface area (Å²) in [7, 11) is 0. The van der Waals surface area contributed by atoms with E-state index < -0.39 is 0 Å². The van der Waals surface area contributed by atoms with E-state index in [4.69, 9.17) is 11.6 Å². The van der Waals surface area contributed by atoms with Gasteiger partial charge in [-0.1, -0.05) is 31.4 Å². The van der Waals surface area contributed by atoms with Gasteiger partial charge in [-0.3, -0.25) is 0 Å². The number of nitrogens with one attached hydrogen (secondary N) is 1. The van der Waals surface area contributed by atoms with Crippen LogP contribution in [0.2, 0.25) is 5.15 Å². The molecule has 3 heteroatoms. The molecule has 1 heterocycles. The molecule has 1 N–H and O–H groups in total. The molecule has 2 unspecified atom stereocenters. The first kappa shape index (κ1) is 12.7. The maximum atomic E-state index is 5.91. The minimum absolute atomic E-state index is 0.599. The average molecular weight is 253 g/mol. The summed E-state index contributed by atoms with van der Waals surface area (Å²) in [5.74, 6) is 1.70. The molecular weight excluding hydrogens is 232 g/mol. The molecule has 0 aliphatic heterocycles. The molecule has 17 heavy (non-hydrogen) atoms. The highest BCUT2D eigenvalue weighted by Gasteiger charge is 2.18. The summed E-state index contributed by atoms with van der Waals surface area (Å²) in [6, 6.07) is 2.07. The van der Waals surface area contributed by atoms with Gasteiger partial charge in [0.2, 0.25) is 0 Å². The third-order valence-electron chi connectivity index (χ3n) is 3.65. The molecule has 2 atom stereocenters. The van der Waals surface area contributed by atoms with Crippen molar-refractivity contribution in [1.82, 2.24) is 4.98 Å². The maximum absolute atomic E-state index is 5.91. The minimum atomic E-state index is 0.599. The van der Waals surface area contributed by atoms with Gasteiger partial charge in [0, 0.05) is 6.54 Å². The fourth-order valence-corrected chi connectivity index (χ4v) is 2.77. The number of aromatic nitrogens is 1. The van der Waals surface area contributed by atoms with Crippen molar-refractivity contribution < 1.29 is 0 Å². The Morgan fingerprint density at radius 1 is 1.47 bits per heavy atom. The summed E-state index contributed by atoms with van der Waals surface area (Å²) >= 11 is 5.91. The number of pyridine rings is 1. The highest BCUT2D eigenvalue weighted by atomic mass is 35.5. The zero-order valence-corrected chi connectivity index (χ0v) is 11.4. The predicted octanol–water partition coefficient (Wildman–Crippen LogP) is 4.28. The molecule has 2 nitrogen and oxygen atoms in total. The predicted molar refractivity (Wildman–Crippen MR) is 73.6 cm³/mol. The molecule has 2 rings (SSSR count). The summed E-state index contributed by atoms with van der Waals surface area (Å²) < 4.78 is 0. The van der Waals surface area contributed by atoms with Gasteiger partial charge in [-0.2, -0.15) is 0 Å². The smallest absolute Gasteiger partial charge is 0.132 e. The van der Waals surface area contributed by atoms with Crippen LogP contribution in [0.25, 0.3) is 0 Å². The molecular formula is C14H21ClN2. The van der Waals surface area contributed by atoms with Crippen LogP contribution in [-0.4, -0.2) is 11.5 Å². The molecule has 1 saturated carbocycles. The molecule has 0 amide bonds. The molecule has 0 bridgehead atoms. The number of rotatable bonds is 3. The quantitative estimate of drug-likeness (QED) is 0.813. The summed E-state index contributed by atoms with van der Waals surface area (Å²) in [5.41, 5.74) is 2.12. The lowest BCUT2D eigenvalue weighted by Gasteiger charge is -2.27. The average Bonchev–Trinajstić information content (AvgIpc) is 2.31. The molecule has 1 aliphatic rings. The molecule has 0 spiro atoms. The van der Waals surface area contributed by atoms with E-state index in [1.807, 2.05) is 13.1 Å². The monoisotopic (exact) mass is 252 g/mol. The fourth-order valence-electron chi connectivity index (χ4n) is 2.66. The van der Waals surface area contributed by atoms with Crippen molar-refractivity contribution in [3.05, 3.63) is 23.0 Å². The van der Waals surface area contributed by atoms with Gasteiger partial charge in [0.25, 0.3) is 0 Å². The van der Waals surface area contributed by atoms with E-state index in [1.54, 1.807) is 0 Å². The number of hydrogen-bond donors (Lipinski definition) is 1. The third kappa shape index (κ3) is 3.60. The first-order valence-electron chi connectivity index (χ1n) is 6.51. The number of hydrogen-bond acceptors (Lipinski definition) is 2. The Balaban J connectivity index is 1.86. The fraction of sp³-hybridized carbons (Fsp3) is 0.643. The third-order valence-corrected chi connectivity index (χ3v) is 4.05. The van der Waals surface area contributed by atoms with Crippen LogP contribution in [0.5, 0.6) is 0 Å². The topological polar surface area (TPSA) is 24.9 Å². The largest absolute Gasteiger partial charge is 0.384 e. The summed E-state index contributed by atoms with van der Waals surface area (Å²) in [6.07, 6.45) is 7.31. The zero-order valence-electron chi connectivity index (χ0n) is 10.7. The van der Waals surface area contributed by atoms with Gasteiger partial charge >= 0.3 is 0 Å². The second-order valence-electron chi connectivity index (χ2n) is 5.35. The second-order valence-corrected chi connectivity index (χ2v) is 5.71. The Morgan fingerprint density at radius 2 is 2.29 bits per heavy atom. The van der Waals surface area contributed by atoms with Gasteiger partial charge in [-0.15, -0.1) is 0 Å². The number of nitrogens with zero attached hydrogens (tertiary/aromatic N) is 1. The minimum Gasteiger partial charge on any atom is -0.384 e. The molecule has 1 aliphatic carbocycles. The summed E-state index contributed by atoms with van der Waals surface area (Å²) in [5, 5.41) is 4.08. The van der Waals surface area contributed by atoms with Crippen LogP contribution in [0.4, 0.5) is 5.69 Å². The van der Waals surface area contributed by atoms with Crippen molar-refractivity contribution >= 4 is 17.3 Å². The van der Waals surface area contributed by atoms with E-state index in [-0.39, 0.29) is 0 Å². The lowest BCUT2D eigenvalue weighted by Crippen LogP contribution is -2.21. The molecule has 0 saturated heterocycles. The van der Waals surface area contributed by atoms with E-state index in [2.05, 4.69) is 23.3 Å². The van der Waals surface area contributed by atoms with E-state index in [0.717, 1.165) is 29.6 Å². The Hall–Kier alpha value is -0.760. The van der Waals surface area contributed by atoms with E-state index in [0.29, 0.717) is 5.15 Å². The molecule has 94 valence electrons. The van der Waals surface area contributed by atoms with Crippen LogP contribution in [0.1, 0.15) is 38.2 Å². The molecule has 0 aromatic carbocycles. The van der Waals surface area contributed by atoms with Crippen molar-refractivity contribution in [2.24, 2.45) is 11.8 Å². The van der Waals surface area contributed by atoms with Crippen LogP contribution in [-0.2, 0) is 0 Å². The van der Waals surface area contributed by atoms with Gasteiger partial charge in [-0.25, -0.2) is 4.98 Å². The van der Waals surface area contributed by atoms with Crippen molar-refractivity contribution in [3.8, 4) is 0 Å². The van der Waals surface area contributed by atoms with Crippen LogP contribution in [0.3, 0.4) is 0 Å². The van der Waals surface area contributed by atoms with Gasteiger partial charge in [0.05, 0.1) is 11.9 Å².